The number of sulfonamides is 1. The Hall–Kier alpha value is -3.45. The van der Waals surface area contributed by atoms with E-state index in [0.717, 1.165) is 6.92 Å². The van der Waals surface area contributed by atoms with Crippen molar-refractivity contribution >= 4 is 27.7 Å². The molecule has 1 amide bonds. The van der Waals surface area contributed by atoms with Gasteiger partial charge in [-0.1, -0.05) is 18.2 Å². The fourth-order valence-corrected chi connectivity index (χ4v) is 5.37. The molecule has 0 saturated carbocycles. The van der Waals surface area contributed by atoms with Gasteiger partial charge in [-0.05, 0) is 43.5 Å². The van der Waals surface area contributed by atoms with Crippen molar-refractivity contribution < 1.29 is 45.8 Å². The number of rotatable bonds is 10. The van der Waals surface area contributed by atoms with Crippen molar-refractivity contribution in [3.8, 4) is 5.75 Å². The maximum atomic E-state index is 14.1. The first kappa shape index (κ1) is 28.1. The van der Waals surface area contributed by atoms with E-state index in [0.29, 0.717) is 6.07 Å². The van der Waals surface area contributed by atoms with Gasteiger partial charge in [-0.15, -0.1) is 0 Å². The monoisotopic (exact) mass is 542 g/mol. The molecule has 1 fully saturated rings. The van der Waals surface area contributed by atoms with E-state index in [1.54, 1.807) is 18.2 Å². The number of carboxylic acids is 1. The number of ether oxygens (including phenoxy) is 1. The number of halogens is 3. The van der Waals surface area contributed by atoms with Gasteiger partial charge in [0, 0.05) is 19.0 Å². The Bertz CT molecular complexity index is 1250. The van der Waals surface area contributed by atoms with Crippen LogP contribution in [0.2, 0.25) is 0 Å². The Balaban J connectivity index is 1.62. The maximum absolute atomic E-state index is 14.1. The standard InChI is InChI=1S/C24H25F3N2O7S/c1-14-11-17(25)22(27)23(21(14)26)36-13-19(30)18(12-20(31)32)28-24(33)15-7-9-29(10-8-15)37(34,35)16-5-3-2-4-6-16/h2-6,11,15,18H,7-10,12-13H2,1H3,(H,28,33)(H,31,32)/t18-/m0/s1. The van der Waals surface area contributed by atoms with E-state index in [4.69, 9.17) is 9.84 Å². The molecule has 2 aromatic carbocycles. The highest BCUT2D eigenvalue weighted by molar-refractivity contribution is 7.89. The maximum Gasteiger partial charge on any atom is 0.305 e. The van der Waals surface area contributed by atoms with Gasteiger partial charge in [-0.3, -0.25) is 14.4 Å². The van der Waals surface area contributed by atoms with Gasteiger partial charge in [0.05, 0.1) is 11.3 Å². The first-order valence-electron chi connectivity index (χ1n) is 11.3. The number of piperidine rings is 1. The zero-order valence-corrected chi connectivity index (χ0v) is 20.6. The number of hydrogen-bond donors (Lipinski definition) is 2. The minimum absolute atomic E-state index is 0.0352. The third-order valence-electron chi connectivity index (χ3n) is 5.95. The Morgan fingerprint density at radius 2 is 1.73 bits per heavy atom. The minimum Gasteiger partial charge on any atom is -0.481 e. The Kier molecular flexibility index (Phi) is 8.92. The third-order valence-corrected chi connectivity index (χ3v) is 7.86. The van der Waals surface area contributed by atoms with E-state index >= 15 is 0 Å². The van der Waals surface area contributed by atoms with Crippen LogP contribution in [0.15, 0.2) is 41.3 Å². The molecule has 0 unspecified atom stereocenters. The van der Waals surface area contributed by atoms with Gasteiger partial charge in [0.25, 0.3) is 0 Å². The summed E-state index contributed by atoms with van der Waals surface area (Å²) in [5, 5.41) is 11.5. The molecule has 1 atom stereocenters. The number of ketones is 1. The number of Topliss-reactive ketones (excluding diaryl/α,β-unsaturated/α-hetero) is 1. The smallest absolute Gasteiger partial charge is 0.305 e. The number of amides is 1. The number of carbonyl (C=O) groups excluding carboxylic acids is 2. The van der Waals surface area contributed by atoms with Crippen LogP contribution in [-0.4, -0.2) is 61.2 Å². The van der Waals surface area contributed by atoms with Crippen LogP contribution in [0.5, 0.6) is 5.75 Å². The summed E-state index contributed by atoms with van der Waals surface area (Å²) >= 11 is 0. The van der Waals surface area contributed by atoms with E-state index in [1.807, 2.05) is 0 Å². The number of aryl methyl sites for hydroxylation is 1. The number of nitrogens with one attached hydrogen (secondary N) is 1. The quantitative estimate of drug-likeness (QED) is 0.441. The number of nitrogens with zero attached hydrogens (tertiary/aromatic N) is 1. The Labute approximate surface area is 211 Å². The van der Waals surface area contributed by atoms with Crippen molar-refractivity contribution in [3.63, 3.8) is 0 Å². The van der Waals surface area contributed by atoms with Gasteiger partial charge >= 0.3 is 5.97 Å². The molecular weight excluding hydrogens is 517 g/mol. The number of aliphatic carboxylic acids is 1. The summed E-state index contributed by atoms with van der Waals surface area (Å²) in [6.07, 6.45) is -0.578. The topological polar surface area (TPSA) is 130 Å². The average Bonchev–Trinajstić information content (AvgIpc) is 2.87. The number of hydrogen-bond acceptors (Lipinski definition) is 6. The van der Waals surface area contributed by atoms with Crippen molar-refractivity contribution in [1.29, 1.82) is 0 Å². The second-order valence-electron chi connectivity index (χ2n) is 8.54. The van der Waals surface area contributed by atoms with Crippen LogP contribution in [0.25, 0.3) is 0 Å². The average molecular weight is 543 g/mol. The molecule has 1 saturated heterocycles. The molecule has 9 nitrogen and oxygen atoms in total. The number of benzene rings is 2. The van der Waals surface area contributed by atoms with E-state index in [2.05, 4.69) is 5.32 Å². The van der Waals surface area contributed by atoms with Crippen molar-refractivity contribution in [2.75, 3.05) is 19.7 Å². The molecule has 0 radical (unpaired) electrons. The molecule has 1 heterocycles. The number of carbonyl (C=O) groups is 3. The molecule has 0 bridgehead atoms. The lowest BCUT2D eigenvalue weighted by atomic mass is 9.96. The molecule has 1 aliphatic rings. The van der Waals surface area contributed by atoms with Crippen molar-refractivity contribution in [1.82, 2.24) is 9.62 Å². The lowest BCUT2D eigenvalue weighted by molar-refractivity contribution is -0.141. The van der Waals surface area contributed by atoms with Gasteiger partial charge in [-0.2, -0.15) is 8.70 Å². The summed E-state index contributed by atoms with van der Waals surface area (Å²) in [7, 11) is -3.75. The number of carboxylic acid groups (broad SMARTS) is 1. The third kappa shape index (κ3) is 6.66. The van der Waals surface area contributed by atoms with Gasteiger partial charge in [-0.25, -0.2) is 17.2 Å². The van der Waals surface area contributed by atoms with Gasteiger partial charge in [0.15, 0.2) is 23.2 Å². The van der Waals surface area contributed by atoms with E-state index in [1.165, 1.54) is 16.4 Å². The zero-order chi connectivity index (χ0) is 27.3. The lowest BCUT2D eigenvalue weighted by Crippen LogP contribution is -2.49. The molecule has 2 aromatic rings. The molecule has 200 valence electrons. The predicted molar refractivity (Wildman–Crippen MR) is 124 cm³/mol. The first-order valence-corrected chi connectivity index (χ1v) is 12.7. The normalized spacial score (nSPS) is 15.7. The molecule has 0 aromatic heterocycles. The summed E-state index contributed by atoms with van der Waals surface area (Å²) in [5.74, 6) is -9.18. The lowest BCUT2D eigenvalue weighted by Gasteiger charge is -2.31. The van der Waals surface area contributed by atoms with Crippen LogP contribution in [-0.2, 0) is 24.4 Å². The summed E-state index contributed by atoms with van der Waals surface area (Å²) in [6.45, 7) is 0.208. The van der Waals surface area contributed by atoms with Crippen LogP contribution in [0.1, 0.15) is 24.8 Å². The molecule has 3 rings (SSSR count). The molecule has 1 aliphatic heterocycles. The summed E-state index contributed by atoms with van der Waals surface area (Å²) in [5.41, 5.74) is -0.266. The fraction of sp³-hybridized carbons (Fsp3) is 0.375. The first-order chi connectivity index (χ1) is 17.4. The molecule has 0 spiro atoms. The van der Waals surface area contributed by atoms with Gasteiger partial charge < -0.3 is 15.2 Å². The largest absolute Gasteiger partial charge is 0.481 e. The molecule has 0 aliphatic carbocycles. The van der Waals surface area contributed by atoms with Crippen LogP contribution in [0.3, 0.4) is 0 Å². The van der Waals surface area contributed by atoms with E-state index in [9.17, 15) is 36.0 Å². The Morgan fingerprint density at radius 1 is 1.11 bits per heavy atom. The van der Waals surface area contributed by atoms with Crippen molar-refractivity contribution in [3.05, 3.63) is 59.4 Å². The molecule has 13 heteroatoms. The molecular formula is C24H25F3N2O7S. The highest BCUT2D eigenvalue weighted by Gasteiger charge is 2.34. The van der Waals surface area contributed by atoms with E-state index < -0.39 is 75.9 Å². The van der Waals surface area contributed by atoms with Gasteiger partial charge in [0.2, 0.25) is 21.7 Å². The van der Waals surface area contributed by atoms with E-state index in [-0.39, 0.29) is 36.4 Å². The van der Waals surface area contributed by atoms with Crippen LogP contribution >= 0.6 is 0 Å². The molecule has 2 N–H and O–H groups in total. The summed E-state index contributed by atoms with van der Waals surface area (Å²) < 4.78 is 73.2. The predicted octanol–water partition coefficient (Wildman–Crippen LogP) is 2.42. The van der Waals surface area contributed by atoms with Crippen LogP contribution in [0.4, 0.5) is 13.2 Å². The van der Waals surface area contributed by atoms with Crippen LogP contribution in [0, 0.1) is 30.3 Å². The highest BCUT2D eigenvalue weighted by Crippen LogP contribution is 2.27. The Morgan fingerprint density at radius 3 is 2.32 bits per heavy atom. The SMILES string of the molecule is Cc1cc(F)c(F)c(OCC(=O)[C@H](CC(=O)O)NC(=O)C2CCN(S(=O)(=O)c3ccccc3)CC2)c1F. The van der Waals surface area contributed by atoms with Gasteiger partial charge in [0.1, 0.15) is 12.6 Å². The second kappa shape index (κ2) is 11.7. The fourth-order valence-electron chi connectivity index (χ4n) is 3.88. The molecule has 37 heavy (non-hydrogen) atoms. The summed E-state index contributed by atoms with van der Waals surface area (Å²) in [6, 6.07) is 6.81. The minimum atomic E-state index is -3.75. The zero-order valence-electron chi connectivity index (χ0n) is 19.7. The van der Waals surface area contributed by atoms with Crippen molar-refractivity contribution in [2.45, 2.75) is 37.1 Å². The highest BCUT2D eigenvalue weighted by atomic mass is 32.2. The second-order valence-corrected chi connectivity index (χ2v) is 10.5. The van der Waals surface area contributed by atoms with Crippen molar-refractivity contribution in [2.24, 2.45) is 5.92 Å². The summed E-state index contributed by atoms with van der Waals surface area (Å²) in [4.78, 5) is 36.7. The van der Waals surface area contributed by atoms with Crippen LogP contribution < -0.4 is 10.1 Å².